The maximum Gasteiger partial charge on any atom is 0.0683 e. The first kappa shape index (κ1) is 30.4. The predicted molar refractivity (Wildman–Crippen MR) is 188 cm³/mol. The van der Waals surface area contributed by atoms with Crippen LogP contribution in [0.25, 0.3) is 0 Å². The molecule has 7 saturated carbocycles. The fourth-order valence-corrected chi connectivity index (χ4v) is 16.4. The Labute approximate surface area is 282 Å². The zero-order valence-electron chi connectivity index (χ0n) is 29.4. The van der Waals surface area contributed by atoms with E-state index < -0.39 is 0 Å². The van der Waals surface area contributed by atoms with Crippen molar-refractivity contribution in [3.05, 3.63) is 0 Å². The van der Waals surface area contributed by atoms with Gasteiger partial charge in [0.1, 0.15) is 0 Å². The van der Waals surface area contributed by atoms with Crippen LogP contribution in [0, 0.1) is 64.6 Å². The first-order chi connectivity index (χ1) is 22.8. The van der Waals surface area contributed by atoms with Gasteiger partial charge in [-0.15, -0.1) is 0 Å². The van der Waals surface area contributed by atoms with Crippen molar-refractivity contribution in [1.29, 1.82) is 0 Å². The van der Waals surface area contributed by atoms with Gasteiger partial charge in [-0.1, -0.05) is 57.8 Å². The molecule has 1 spiro atoms. The summed E-state index contributed by atoms with van der Waals surface area (Å²) < 4.78 is 7.35. The van der Waals surface area contributed by atoms with E-state index in [1.807, 2.05) is 0 Å². The zero-order chi connectivity index (χ0) is 30.2. The Bertz CT molecular complexity index is 1100. The van der Waals surface area contributed by atoms with Crippen molar-refractivity contribution in [2.75, 3.05) is 0 Å². The van der Waals surface area contributed by atoms with Gasteiger partial charge in [0.15, 0.2) is 0 Å². The van der Waals surface area contributed by atoms with Gasteiger partial charge in [-0.25, -0.2) is 0 Å². The van der Waals surface area contributed by atoms with Crippen molar-refractivity contribution in [3.63, 3.8) is 0 Å². The molecule has 1 N–H and O–H groups in total. The molecular weight excluding hydrogens is 560 g/mol. The Morgan fingerprint density at radius 2 is 1.17 bits per heavy atom. The van der Waals surface area contributed by atoms with Gasteiger partial charge in [0.25, 0.3) is 0 Å². The summed E-state index contributed by atoms with van der Waals surface area (Å²) >= 11 is 0. The predicted octanol–water partition coefficient (Wildman–Crippen LogP) is 10.3. The van der Waals surface area contributed by atoms with E-state index in [1.165, 1.54) is 141 Å². The molecule has 7 aliphatic carbocycles. The zero-order valence-corrected chi connectivity index (χ0v) is 29.4. The van der Waals surface area contributed by atoms with Crippen LogP contribution in [0.1, 0.15) is 167 Å². The van der Waals surface area contributed by atoms with E-state index in [0.717, 1.165) is 65.2 Å². The summed E-state index contributed by atoms with van der Waals surface area (Å²) in [6.07, 6.45) is 39.5. The molecule has 2 saturated heterocycles. The molecule has 0 amide bonds. The van der Waals surface area contributed by atoms with Crippen LogP contribution in [0.3, 0.4) is 0 Å². The molecule has 0 radical (unpaired) electrons. The normalized spacial score (nSPS) is 54.0. The lowest BCUT2D eigenvalue weighted by Crippen LogP contribution is -2.63. The Morgan fingerprint density at radius 1 is 0.522 bits per heavy atom. The number of aliphatic imine (C=N–C) groups is 1. The molecule has 9 fully saturated rings. The Balaban J connectivity index is 0.959. The van der Waals surface area contributed by atoms with Gasteiger partial charge in [0.05, 0.1) is 18.2 Å². The Hall–Kier alpha value is -0.410. The van der Waals surface area contributed by atoms with Crippen molar-refractivity contribution < 1.29 is 4.74 Å². The van der Waals surface area contributed by atoms with Crippen LogP contribution in [0.2, 0.25) is 0 Å². The third kappa shape index (κ3) is 4.78. The Morgan fingerprint density at radius 3 is 1.98 bits per heavy atom. The average Bonchev–Trinajstić information content (AvgIpc) is 3.42. The highest BCUT2D eigenvalue weighted by molar-refractivity contribution is 5.87. The fraction of sp³-hybridized carbons (Fsp3) is 0.977. The first-order valence-electron chi connectivity index (χ1n) is 21.8. The molecule has 14 atom stereocenters. The van der Waals surface area contributed by atoms with Crippen LogP contribution in [-0.4, -0.2) is 36.0 Å². The smallest absolute Gasteiger partial charge is 0.0683 e. The van der Waals surface area contributed by atoms with E-state index in [-0.39, 0.29) is 0 Å². The highest BCUT2D eigenvalue weighted by Crippen LogP contribution is 2.73. The second kappa shape index (κ2) is 12.4. The highest BCUT2D eigenvalue weighted by atomic mass is 16.5. The summed E-state index contributed by atoms with van der Waals surface area (Å²) in [7, 11) is 0. The largest absolute Gasteiger partial charge is 0.374 e. The van der Waals surface area contributed by atoms with Crippen molar-refractivity contribution in [2.45, 2.75) is 197 Å². The van der Waals surface area contributed by atoms with Gasteiger partial charge in [-0.3, -0.25) is 4.99 Å². The fourth-order valence-electron chi connectivity index (χ4n) is 16.4. The van der Waals surface area contributed by atoms with E-state index >= 15 is 0 Å². The monoisotopic (exact) mass is 629 g/mol. The van der Waals surface area contributed by atoms with E-state index in [0.29, 0.717) is 29.7 Å². The molecule has 0 aromatic rings. The van der Waals surface area contributed by atoms with Crippen LogP contribution in [0.4, 0.5) is 0 Å². The molecule has 3 aliphatic heterocycles. The second-order valence-corrected chi connectivity index (χ2v) is 19.4. The van der Waals surface area contributed by atoms with E-state index in [1.54, 1.807) is 31.4 Å². The van der Waals surface area contributed by atoms with E-state index in [9.17, 15) is 0 Å². The third-order valence-corrected chi connectivity index (χ3v) is 17.9. The first-order valence-corrected chi connectivity index (χ1v) is 21.8. The van der Waals surface area contributed by atoms with Crippen LogP contribution >= 0.6 is 0 Å². The van der Waals surface area contributed by atoms with Crippen molar-refractivity contribution in [3.8, 4) is 0 Å². The van der Waals surface area contributed by atoms with Crippen molar-refractivity contribution >= 4 is 5.71 Å². The molecular formula is C43H68N2O. The second-order valence-electron chi connectivity index (χ2n) is 19.4. The summed E-state index contributed by atoms with van der Waals surface area (Å²) in [6.45, 7) is 0. The topological polar surface area (TPSA) is 33.6 Å². The molecule has 0 aromatic heterocycles. The summed E-state index contributed by atoms with van der Waals surface area (Å²) in [5.41, 5.74) is 2.32. The SMILES string of the molecule is C1CCC(C2CCC3CCC4CCC(C5CCC6OC7CCCCC7C7(C6C5)C5CCCCC5C5CCCCC57)=NC4C3N2)CC1. The molecule has 3 nitrogen and oxygen atoms in total. The highest BCUT2D eigenvalue weighted by Gasteiger charge is 2.70. The average molecular weight is 629 g/mol. The number of nitrogens with zero attached hydrogens (tertiary/aromatic N) is 1. The summed E-state index contributed by atoms with van der Waals surface area (Å²) in [6, 6.07) is 2.05. The van der Waals surface area contributed by atoms with Gasteiger partial charge >= 0.3 is 0 Å². The molecule has 3 heterocycles. The number of piperidine rings is 1. The van der Waals surface area contributed by atoms with Gasteiger partial charge < -0.3 is 10.1 Å². The molecule has 10 rings (SSSR count). The maximum absolute atomic E-state index is 7.35. The van der Waals surface area contributed by atoms with Gasteiger partial charge in [0, 0.05) is 17.8 Å². The minimum Gasteiger partial charge on any atom is -0.374 e. The molecule has 14 unspecified atom stereocenters. The minimum atomic E-state index is 0.561. The minimum absolute atomic E-state index is 0.561. The lowest BCUT2D eigenvalue weighted by atomic mass is 9.46. The van der Waals surface area contributed by atoms with E-state index in [4.69, 9.17) is 9.73 Å². The molecule has 0 bridgehead atoms. The molecule has 46 heavy (non-hydrogen) atoms. The standard InChI is InChI=1S/C43H68N2O/c1-2-10-27(11-3-1)37-23-20-28-18-19-29-21-24-38(45-42(29)41(28)44-37)30-22-25-40-36(26-30)43(35-16-8-9-17-39(35)46-40)33-14-6-4-12-31(33)32-13-5-7-15-34(32)43/h27-37,39-42,44H,1-26H2. The van der Waals surface area contributed by atoms with Crippen molar-refractivity contribution in [2.24, 2.45) is 69.6 Å². The molecule has 10 aliphatic rings. The number of hydrogen-bond acceptors (Lipinski definition) is 3. The van der Waals surface area contributed by atoms with Crippen molar-refractivity contribution in [1.82, 2.24) is 5.32 Å². The third-order valence-electron chi connectivity index (χ3n) is 17.9. The molecule has 256 valence electrons. The van der Waals surface area contributed by atoms with Gasteiger partial charge in [0.2, 0.25) is 0 Å². The number of ether oxygens (including phenoxy) is 1. The number of nitrogens with one attached hydrogen (secondary N) is 1. The number of hydrogen-bond donors (Lipinski definition) is 1. The van der Waals surface area contributed by atoms with Crippen LogP contribution in [-0.2, 0) is 4.74 Å². The lowest BCUT2D eigenvalue weighted by Gasteiger charge is -2.64. The maximum atomic E-state index is 7.35. The van der Waals surface area contributed by atoms with Crippen LogP contribution < -0.4 is 5.32 Å². The van der Waals surface area contributed by atoms with Gasteiger partial charge in [-0.2, -0.15) is 0 Å². The summed E-state index contributed by atoms with van der Waals surface area (Å²) in [4.78, 5) is 6.00. The van der Waals surface area contributed by atoms with Gasteiger partial charge in [-0.05, 0) is 174 Å². The quantitative estimate of drug-likeness (QED) is 0.330. The summed E-state index contributed by atoms with van der Waals surface area (Å²) in [5, 5.41) is 4.40. The number of fused-ring (bicyclic) bond motifs is 12. The Kier molecular flexibility index (Phi) is 8.21. The summed E-state index contributed by atoms with van der Waals surface area (Å²) in [5.74, 6) is 9.31. The molecule has 0 aromatic carbocycles. The number of rotatable bonds is 2. The lowest BCUT2D eigenvalue weighted by molar-refractivity contribution is -0.244. The van der Waals surface area contributed by atoms with E-state index in [2.05, 4.69) is 5.32 Å². The molecule has 3 heteroatoms. The van der Waals surface area contributed by atoms with Crippen LogP contribution in [0.5, 0.6) is 0 Å². The van der Waals surface area contributed by atoms with Crippen LogP contribution in [0.15, 0.2) is 4.99 Å².